The second kappa shape index (κ2) is 6.54. The zero-order chi connectivity index (χ0) is 14.7. The summed E-state index contributed by atoms with van der Waals surface area (Å²) >= 11 is 1.70. The molecule has 2 heterocycles. The molecule has 0 spiro atoms. The number of hydrogen-bond donors (Lipinski definition) is 0. The van der Waals surface area contributed by atoms with Gasteiger partial charge < -0.3 is 4.74 Å². The number of nitrogens with zero attached hydrogens (tertiary/aromatic N) is 3. The Morgan fingerprint density at radius 2 is 2.00 bits per heavy atom. The molecule has 112 valence electrons. The standard InChI is InChI=1S/C16H21N3OS/c1-12-17-18-16(21-12)11-19-9-7-13(8-10-19)14-5-3-4-6-15(14)20-2/h3-6,13H,7-11H2,1-2H3. The van der Waals surface area contributed by atoms with Gasteiger partial charge >= 0.3 is 0 Å². The van der Waals surface area contributed by atoms with Gasteiger partial charge in [0.1, 0.15) is 15.8 Å². The molecular formula is C16H21N3OS. The van der Waals surface area contributed by atoms with E-state index < -0.39 is 0 Å². The Morgan fingerprint density at radius 1 is 1.24 bits per heavy atom. The zero-order valence-electron chi connectivity index (χ0n) is 12.6. The van der Waals surface area contributed by atoms with Crippen molar-refractivity contribution >= 4 is 11.3 Å². The Balaban J connectivity index is 1.60. The quantitative estimate of drug-likeness (QED) is 0.869. The van der Waals surface area contributed by atoms with E-state index in [4.69, 9.17) is 4.74 Å². The molecule has 3 rings (SSSR count). The molecule has 1 aromatic heterocycles. The van der Waals surface area contributed by atoms with Crippen LogP contribution < -0.4 is 4.74 Å². The summed E-state index contributed by atoms with van der Waals surface area (Å²) in [5, 5.41) is 10.5. The highest BCUT2D eigenvalue weighted by atomic mass is 32.1. The first-order valence-corrected chi connectivity index (χ1v) is 8.22. The summed E-state index contributed by atoms with van der Waals surface area (Å²) in [5.41, 5.74) is 1.35. The van der Waals surface area contributed by atoms with Gasteiger partial charge in [-0.2, -0.15) is 0 Å². The maximum Gasteiger partial charge on any atom is 0.131 e. The first kappa shape index (κ1) is 14.5. The van der Waals surface area contributed by atoms with Gasteiger partial charge in [0.05, 0.1) is 13.7 Å². The number of hydrogen-bond acceptors (Lipinski definition) is 5. The van der Waals surface area contributed by atoms with E-state index in [1.54, 1.807) is 18.4 Å². The maximum absolute atomic E-state index is 5.49. The molecule has 4 nitrogen and oxygen atoms in total. The monoisotopic (exact) mass is 303 g/mol. The third kappa shape index (κ3) is 3.41. The van der Waals surface area contributed by atoms with Crippen molar-refractivity contribution in [2.24, 2.45) is 0 Å². The fraction of sp³-hybridized carbons (Fsp3) is 0.500. The molecule has 1 fully saturated rings. The number of piperidine rings is 1. The minimum atomic E-state index is 0.605. The Bertz CT molecular complexity index is 591. The molecule has 0 atom stereocenters. The molecule has 0 saturated carbocycles. The first-order chi connectivity index (χ1) is 10.3. The highest BCUT2D eigenvalue weighted by Gasteiger charge is 2.23. The van der Waals surface area contributed by atoms with E-state index >= 15 is 0 Å². The predicted molar refractivity (Wildman–Crippen MR) is 84.9 cm³/mol. The molecule has 2 aromatic rings. The topological polar surface area (TPSA) is 38.2 Å². The van der Waals surface area contributed by atoms with Crippen molar-refractivity contribution < 1.29 is 4.74 Å². The lowest BCUT2D eigenvalue weighted by molar-refractivity contribution is 0.202. The van der Waals surface area contributed by atoms with Crippen LogP contribution in [-0.4, -0.2) is 35.3 Å². The van der Waals surface area contributed by atoms with E-state index in [1.807, 2.05) is 13.0 Å². The summed E-state index contributed by atoms with van der Waals surface area (Å²) in [6, 6.07) is 8.41. The van der Waals surface area contributed by atoms with Gasteiger partial charge in [0.15, 0.2) is 0 Å². The summed E-state index contributed by atoms with van der Waals surface area (Å²) in [4.78, 5) is 2.48. The fourth-order valence-electron chi connectivity index (χ4n) is 3.00. The zero-order valence-corrected chi connectivity index (χ0v) is 13.4. The minimum Gasteiger partial charge on any atom is -0.496 e. The molecule has 1 aliphatic heterocycles. The molecular weight excluding hydrogens is 282 g/mol. The van der Waals surface area contributed by atoms with E-state index in [9.17, 15) is 0 Å². The van der Waals surface area contributed by atoms with Crippen LogP contribution in [0.25, 0.3) is 0 Å². The van der Waals surface area contributed by atoms with Crippen LogP contribution in [0.2, 0.25) is 0 Å². The van der Waals surface area contributed by atoms with Gasteiger partial charge in [0.25, 0.3) is 0 Å². The minimum absolute atomic E-state index is 0.605. The third-order valence-electron chi connectivity index (χ3n) is 4.09. The lowest BCUT2D eigenvalue weighted by Gasteiger charge is -2.32. The predicted octanol–water partition coefficient (Wildman–Crippen LogP) is 3.23. The van der Waals surface area contributed by atoms with Crippen LogP contribution >= 0.6 is 11.3 Å². The van der Waals surface area contributed by atoms with Crippen molar-refractivity contribution in [2.45, 2.75) is 32.2 Å². The van der Waals surface area contributed by atoms with Crippen LogP contribution in [0, 0.1) is 6.92 Å². The van der Waals surface area contributed by atoms with Crippen LogP contribution in [0.4, 0.5) is 0 Å². The highest BCUT2D eigenvalue weighted by Crippen LogP contribution is 2.34. The number of rotatable bonds is 4. The van der Waals surface area contributed by atoms with E-state index in [-0.39, 0.29) is 0 Å². The first-order valence-electron chi connectivity index (χ1n) is 7.40. The largest absolute Gasteiger partial charge is 0.496 e. The van der Waals surface area contributed by atoms with Gasteiger partial charge in [0.2, 0.25) is 0 Å². The third-order valence-corrected chi connectivity index (χ3v) is 4.92. The SMILES string of the molecule is COc1ccccc1C1CCN(Cc2nnc(C)s2)CC1. The summed E-state index contributed by atoms with van der Waals surface area (Å²) < 4.78 is 5.49. The normalized spacial score (nSPS) is 17.0. The number of methoxy groups -OCH3 is 1. The number of ether oxygens (including phenoxy) is 1. The van der Waals surface area contributed by atoms with Gasteiger partial charge in [-0.1, -0.05) is 18.2 Å². The lowest BCUT2D eigenvalue weighted by Crippen LogP contribution is -2.32. The van der Waals surface area contributed by atoms with Crippen LogP contribution in [0.5, 0.6) is 5.75 Å². The Labute approximate surface area is 129 Å². The van der Waals surface area contributed by atoms with Crippen molar-refractivity contribution in [1.29, 1.82) is 0 Å². The van der Waals surface area contributed by atoms with Crippen molar-refractivity contribution in [3.05, 3.63) is 39.8 Å². The van der Waals surface area contributed by atoms with E-state index in [0.29, 0.717) is 5.92 Å². The maximum atomic E-state index is 5.49. The second-order valence-corrected chi connectivity index (χ2v) is 6.77. The van der Waals surface area contributed by atoms with E-state index in [1.165, 1.54) is 18.4 Å². The highest BCUT2D eigenvalue weighted by molar-refractivity contribution is 7.11. The molecule has 0 unspecified atom stereocenters. The van der Waals surface area contributed by atoms with Crippen molar-refractivity contribution in [2.75, 3.05) is 20.2 Å². The summed E-state index contributed by atoms with van der Waals surface area (Å²) in [7, 11) is 1.76. The average molecular weight is 303 g/mol. The molecule has 1 aliphatic rings. The van der Waals surface area contributed by atoms with E-state index in [0.717, 1.165) is 35.4 Å². The van der Waals surface area contributed by atoms with Crippen molar-refractivity contribution in [1.82, 2.24) is 15.1 Å². The smallest absolute Gasteiger partial charge is 0.131 e. The molecule has 5 heteroatoms. The van der Waals surface area contributed by atoms with Crippen molar-refractivity contribution in [3.8, 4) is 5.75 Å². The molecule has 0 N–H and O–H groups in total. The number of likely N-dealkylation sites (tertiary alicyclic amines) is 1. The molecule has 1 aromatic carbocycles. The van der Waals surface area contributed by atoms with Gasteiger partial charge in [-0.15, -0.1) is 21.5 Å². The number of para-hydroxylation sites is 1. The summed E-state index contributed by atoms with van der Waals surface area (Å²) in [6.07, 6.45) is 2.36. The Kier molecular flexibility index (Phi) is 4.51. The Morgan fingerprint density at radius 3 is 2.67 bits per heavy atom. The van der Waals surface area contributed by atoms with Crippen LogP contribution in [0.3, 0.4) is 0 Å². The van der Waals surface area contributed by atoms with Crippen LogP contribution in [0.15, 0.2) is 24.3 Å². The fourth-order valence-corrected chi connectivity index (χ4v) is 3.75. The molecule has 21 heavy (non-hydrogen) atoms. The molecule has 0 bridgehead atoms. The molecule has 0 amide bonds. The number of aryl methyl sites for hydroxylation is 1. The van der Waals surface area contributed by atoms with Gasteiger partial charge in [0, 0.05) is 0 Å². The summed E-state index contributed by atoms with van der Waals surface area (Å²) in [5.74, 6) is 1.63. The van der Waals surface area contributed by atoms with Crippen LogP contribution in [0.1, 0.15) is 34.3 Å². The Hall–Kier alpha value is -1.46. The van der Waals surface area contributed by atoms with Gasteiger partial charge in [-0.05, 0) is 50.4 Å². The molecule has 0 aliphatic carbocycles. The van der Waals surface area contributed by atoms with Crippen molar-refractivity contribution in [3.63, 3.8) is 0 Å². The second-order valence-electron chi connectivity index (χ2n) is 5.51. The lowest BCUT2D eigenvalue weighted by atomic mass is 9.89. The number of aromatic nitrogens is 2. The molecule has 1 saturated heterocycles. The van der Waals surface area contributed by atoms with Gasteiger partial charge in [-0.3, -0.25) is 4.90 Å². The average Bonchev–Trinajstić information content (AvgIpc) is 2.93. The number of benzene rings is 1. The van der Waals surface area contributed by atoms with Gasteiger partial charge in [-0.25, -0.2) is 0 Å². The summed E-state index contributed by atoms with van der Waals surface area (Å²) in [6.45, 7) is 5.17. The van der Waals surface area contributed by atoms with Crippen LogP contribution in [-0.2, 0) is 6.54 Å². The van der Waals surface area contributed by atoms with E-state index in [2.05, 4.69) is 33.3 Å². The molecule has 0 radical (unpaired) electrons.